The molecule has 0 aliphatic carbocycles. The van der Waals surface area contributed by atoms with E-state index in [4.69, 9.17) is 4.74 Å². The Morgan fingerprint density at radius 3 is 2.58 bits per heavy atom. The topological polar surface area (TPSA) is 67.4 Å². The molecule has 0 aromatic heterocycles. The summed E-state index contributed by atoms with van der Waals surface area (Å²) in [6.07, 6.45) is 0. The molecule has 0 amide bonds. The Labute approximate surface area is 114 Å². The van der Waals surface area contributed by atoms with Gasteiger partial charge >= 0.3 is 0 Å². The van der Waals surface area contributed by atoms with Crippen LogP contribution in [0.2, 0.25) is 0 Å². The smallest absolute Gasteiger partial charge is 0.240 e. The van der Waals surface area contributed by atoms with Crippen LogP contribution in [0.25, 0.3) is 0 Å². The molecule has 2 N–H and O–H groups in total. The molecule has 1 fully saturated rings. The zero-order valence-corrected chi connectivity index (χ0v) is 12.3. The molecular weight excluding hydrogens is 264 g/mol. The van der Waals surface area contributed by atoms with Gasteiger partial charge in [0, 0.05) is 17.6 Å². The second kappa shape index (κ2) is 5.11. The third kappa shape index (κ3) is 3.08. The van der Waals surface area contributed by atoms with Gasteiger partial charge in [0.25, 0.3) is 0 Å². The van der Waals surface area contributed by atoms with Crippen molar-refractivity contribution in [2.75, 3.05) is 32.1 Å². The Morgan fingerprint density at radius 2 is 2.05 bits per heavy atom. The lowest BCUT2D eigenvalue weighted by Gasteiger charge is -2.38. The third-order valence-electron chi connectivity index (χ3n) is 3.39. The summed E-state index contributed by atoms with van der Waals surface area (Å²) < 4.78 is 31.1. The first-order valence-electron chi connectivity index (χ1n) is 6.22. The molecular formula is C13H20N2O3S. The molecule has 1 heterocycles. The molecule has 1 saturated heterocycles. The Hall–Kier alpha value is -1.11. The van der Waals surface area contributed by atoms with E-state index in [1.807, 2.05) is 13.0 Å². The monoisotopic (exact) mass is 284 g/mol. The minimum atomic E-state index is -3.40. The van der Waals surface area contributed by atoms with Gasteiger partial charge in [0.2, 0.25) is 10.0 Å². The maximum Gasteiger partial charge on any atom is 0.240 e. The summed E-state index contributed by atoms with van der Waals surface area (Å²) in [5.41, 5.74) is 2.02. The van der Waals surface area contributed by atoms with E-state index in [9.17, 15) is 8.42 Å². The summed E-state index contributed by atoms with van der Waals surface area (Å²) >= 11 is 0. The quantitative estimate of drug-likeness (QED) is 0.856. The highest BCUT2D eigenvalue weighted by Gasteiger charge is 2.33. The van der Waals surface area contributed by atoms with E-state index in [0.29, 0.717) is 0 Å². The first-order valence-corrected chi connectivity index (χ1v) is 7.70. The average Bonchev–Trinajstić information content (AvgIpc) is 2.35. The van der Waals surface area contributed by atoms with Crippen LogP contribution < -0.4 is 10.0 Å². The standard InChI is InChI=1S/C13H20N2O3S/c1-10-4-5-11(19(16,17)14-3)6-12(10)15-7-13(2)8-18-9-13/h4-6,14-15H,7-9H2,1-3H3. The van der Waals surface area contributed by atoms with Crippen LogP contribution in [-0.2, 0) is 14.8 Å². The Morgan fingerprint density at radius 1 is 1.37 bits per heavy atom. The molecule has 0 spiro atoms. The van der Waals surface area contributed by atoms with Gasteiger partial charge in [-0.2, -0.15) is 0 Å². The number of nitrogens with one attached hydrogen (secondary N) is 2. The van der Waals surface area contributed by atoms with Crippen molar-refractivity contribution in [2.45, 2.75) is 18.7 Å². The lowest BCUT2D eigenvalue weighted by molar-refractivity contribution is -0.0924. The van der Waals surface area contributed by atoms with Gasteiger partial charge in [-0.05, 0) is 31.7 Å². The summed E-state index contributed by atoms with van der Waals surface area (Å²) in [6, 6.07) is 5.09. The first-order chi connectivity index (χ1) is 8.86. The molecule has 1 aromatic carbocycles. The van der Waals surface area contributed by atoms with Crippen molar-refractivity contribution >= 4 is 15.7 Å². The maximum atomic E-state index is 11.8. The predicted octanol–water partition coefficient (Wildman–Crippen LogP) is 1.35. The number of sulfonamides is 1. The van der Waals surface area contributed by atoms with Crippen molar-refractivity contribution < 1.29 is 13.2 Å². The maximum absolute atomic E-state index is 11.8. The number of aryl methyl sites for hydroxylation is 1. The third-order valence-corrected chi connectivity index (χ3v) is 4.81. The van der Waals surface area contributed by atoms with E-state index in [2.05, 4.69) is 17.0 Å². The Balaban J connectivity index is 2.18. The first kappa shape index (κ1) is 14.3. The number of ether oxygens (including phenoxy) is 1. The van der Waals surface area contributed by atoms with Crippen LogP contribution in [0.4, 0.5) is 5.69 Å². The normalized spacial score (nSPS) is 17.8. The van der Waals surface area contributed by atoms with Crippen LogP contribution in [0.15, 0.2) is 23.1 Å². The van der Waals surface area contributed by atoms with Crippen LogP contribution in [-0.4, -0.2) is 35.2 Å². The lowest BCUT2D eigenvalue weighted by atomic mass is 9.88. The van der Waals surface area contributed by atoms with Crippen molar-refractivity contribution in [3.63, 3.8) is 0 Å². The second-order valence-corrected chi connectivity index (χ2v) is 7.23. The predicted molar refractivity (Wildman–Crippen MR) is 74.8 cm³/mol. The highest BCUT2D eigenvalue weighted by Crippen LogP contribution is 2.28. The van der Waals surface area contributed by atoms with Gasteiger partial charge in [-0.25, -0.2) is 13.1 Å². The van der Waals surface area contributed by atoms with Gasteiger partial charge in [0.1, 0.15) is 0 Å². The number of rotatable bonds is 5. The summed E-state index contributed by atoms with van der Waals surface area (Å²) in [5, 5.41) is 3.32. The fraction of sp³-hybridized carbons (Fsp3) is 0.538. The molecule has 0 radical (unpaired) electrons. The number of benzene rings is 1. The number of hydrogen-bond donors (Lipinski definition) is 2. The van der Waals surface area contributed by atoms with E-state index < -0.39 is 10.0 Å². The number of anilines is 1. The van der Waals surface area contributed by atoms with Crippen molar-refractivity contribution in [1.82, 2.24) is 4.72 Å². The van der Waals surface area contributed by atoms with Gasteiger partial charge < -0.3 is 10.1 Å². The molecule has 19 heavy (non-hydrogen) atoms. The molecule has 0 unspecified atom stereocenters. The van der Waals surface area contributed by atoms with Crippen molar-refractivity contribution in [1.29, 1.82) is 0 Å². The molecule has 0 saturated carbocycles. The van der Waals surface area contributed by atoms with Crippen LogP contribution in [0, 0.1) is 12.3 Å². The SMILES string of the molecule is CNS(=O)(=O)c1ccc(C)c(NCC2(C)COC2)c1. The second-order valence-electron chi connectivity index (χ2n) is 5.34. The fourth-order valence-corrected chi connectivity index (χ4v) is 2.69. The molecule has 1 aromatic rings. The Kier molecular flexibility index (Phi) is 3.85. The summed E-state index contributed by atoms with van der Waals surface area (Å²) in [5.74, 6) is 0. The molecule has 0 bridgehead atoms. The van der Waals surface area contributed by atoms with Crippen molar-refractivity contribution in [3.05, 3.63) is 23.8 Å². The summed E-state index contributed by atoms with van der Waals surface area (Å²) in [7, 11) is -1.99. The largest absolute Gasteiger partial charge is 0.384 e. The molecule has 106 valence electrons. The van der Waals surface area contributed by atoms with Crippen LogP contribution in [0.3, 0.4) is 0 Å². The van der Waals surface area contributed by atoms with Crippen LogP contribution in [0.5, 0.6) is 0 Å². The molecule has 6 heteroatoms. The van der Waals surface area contributed by atoms with E-state index in [1.165, 1.54) is 7.05 Å². The summed E-state index contributed by atoms with van der Waals surface area (Å²) in [4.78, 5) is 0.276. The summed E-state index contributed by atoms with van der Waals surface area (Å²) in [6.45, 7) is 6.36. The van der Waals surface area contributed by atoms with Crippen LogP contribution in [0.1, 0.15) is 12.5 Å². The van der Waals surface area contributed by atoms with E-state index in [1.54, 1.807) is 12.1 Å². The van der Waals surface area contributed by atoms with Gasteiger partial charge in [-0.15, -0.1) is 0 Å². The molecule has 1 aliphatic heterocycles. The van der Waals surface area contributed by atoms with Crippen molar-refractivity contribution in [2.24, 2.45) is 5.41 Å². The number of hydrogen-bond acceptors (Lipinski definition) is 4. The fourth-order valence-electron chi connectivity index (χ4n) is 1.94. The van der Waals surface area contributed by atoms with Gasteiger partial charge in [-0.1, -0.05) is 13.0 Å². The minimum absolute atomic E-state index is 0.143. The molecule has 0 atom stereocenters. The minimum Gasteiger partial charge on any atom is -0.384 e. The molecule has 1 aliphatic rings. The van der Waals surface area contributed by atoms with Crippen molar-refractivity contribution in [3.8, 4) is 0 Å². The highest BCUT2D eigenvalue weighted by molar-refractivity contribution is 7.89. The van der Waals surface area contributed by atoms with Gasteiger partial charge in [-0.3, -0.25) is 0 Å². The van der Waals surface area contributed by atoms with E-state index >= 15 is 0 Å². The molecule has 2 rings (SSSR count). The zero-order chi connectivity index (χ0) is 14.1. The van der Waals surface area contributed by atoms with Gasteiger partial charge in [0.15, 0.2) is 0 Å². The van der Waals surface area contributed by atoms with E-state index in [-0.39, 0.29) is 10.3 Å². The average molecular weight is 284 g/mol. The van der Waals surface area contributed by atoms with E-state index in [0.717, 1.165) is 31.0 Å². The lowest BCUT2D eigenvalue weighted by Crippen LogP contribution is -2.45. The molecule has 5 nitrogen and oxygen atoms in total. The van der Waals surface area contributed by atoms with Gasteiger partial charge in [0.05, 0.1) is 18.1 Å². The Bertz CT molecular complexity index is 565. The highest BCUT2D eigenvalue weighted by atomic mass is 32.2. The van der Waals surface area contributed by atoms with Crippen LogP contribution >= 0.6 is 0 Å². The zero-order valence-electron chi connectivity index (χ0n) is 11.5.